The number of para-hydroxylation sites is 1. The van der Waals surface area contributed by atoms with Gasteiger partial charge in [-0.2, -0.15) is 0 Å². The Labute approximate surface area is 187 Å². The van der Waals surface area contributed by atoms with E-state index in [2.05, 4.69) is 21.5 Å². The van der Waals surface area contributed by atoms with E-state index in [0.29, 0.717) is 33.7 Å². The van der Waals surface area contributed by atoms with Gasteiger partial charge in [0.05, 0.1) is 17.7 Å². The number of carboxylic acid groups (broad SMARTS) is 1. The van der Waals surface area contributed by atoms with E-state index in [1.165, 1.54) is 12.3 Å². The van der Waals surface area contributed by atoms with Gasteiger partial charge in [0.1, 0.15) is 11.4 Å². The normalized spacial score (nSPS) is 10.8. The highest BCUT2D eigenvalue weighted by molar-refractivity contribution is 7.92. The fourth-order valence-electron chi connectivity index (χ4n) is 3.26. The molecule has 0 bridgehead atoms. The molecule has 0 unspecified atom stereocenters. The lowest BCUT2D eigenvalue weighted by atomic mass is 10.1. The number of benzene rings is 2. The van der Waals surface area contributed by atoms with Gasteiger partial charge in [-0.25, -0.2) is 18.2 Å². The first-order valence-corrected chi connectivity index (χ1v) is 11.1. The number of anilines is 1. The first-order valence-electron chi connectivity index (χ1n) is 9.62. The van der Waals surface area contributed by atoms with Crippen molar-refractivity contribution in [1.82, 2.24) is 4.98 Å². The van der Waals surface area contributed by atoms with Crippen molar-refractivity contribution in [1.29, 1.82) is 0 Å². The van der Waals surface area contributed by atoms with Crippen molar-refractivity contribution in [3.63, 3.8) is 0 Å². The molecule has 0 amide bonds. The zero-order chi connectivity index (χ0) is 23.5. The number of ether oxygens (including phenoxy) is 1. The van der Waals surface area contributed by atoms with Gasteiger partial charge in [0.15, 0.2) is 0 Å². The summed E-state index contributed by atoms with van der Waals surface area (Å²) < 4.78 is 34.5. The molecule has 0 saturated carbocycles. The number of carboxylic acids is 1. The van der Waals surface area contributed by atoms with Crippen molar-refractivity contribution in [3.8, 4) is 17.6 Å². The molecule has 0 spiro atoms. The van der Waals surface area contributed by atoms with Crippen LogP contribution in [0, 0.1) is 32.6 Å². The van der Waals surface area contributed by atoms with Gasteiger partial charge in [-0.1, -0.05) is 24.0 Å². The summed E-state index contributed by atoms with van der Waals surface area (Å²) >= 11 is 0. The molecule has 0 atom stereocenters. The van der Waals surface area contributed by atoms with Crippen LogP contribution in [-0.2, 0) is 10.0 Å². The Morgan fingerprint density at radius 1 is 1.06 bits per heavy atom. The second kappa shape index (κ2) is 9.12. The molecule has 7 nitrogen and oxygen atoms in total. The predicted octanol–water partition coefficient (Wildman–Crippen LogP) is 3.91. The quantitative estimate of drug-likeness (QED) is 0.571. The molecule has 0 fully saturated rings. The van der Waals surface area contributed by atoms with Crippen LogP contribution in [0.4, 0.5) is 5.69 Å². The van der Waals surface area contributed by atoms with Crippen molar-refractivity contribution >= 4 is 21.7 Å². The third-order valence-corrected chi connectivity index (χ3v) is 6.62. The fraction of sp³-hybridized carbons (Fsp3) is 0.167. The van der Waals surface area contributed by atoms with E-state index in [-0.39, 0.29) is 10.6 Å². The Kier molecular flexibility index (Phi) is 6.51. The molecule has 2 N–H and O–H groups in total. The number of aryl methyl sites for hydroxylation is 1. The van der Waals surface area contributed by atoms with Gasteiger partial charge in [0.2, 0.25) is 0 Å². The molecule has 3 rings (SSSR count). The van der Waals surface area contributed by atoms with Gasteiger partial charge < -0.3 is 9.84 Å². The van der Waals surface area contributed by atoms with E-state index < -0.39 is 16.0 Å². The van der Waals surface area contributed by atoms with Crippen LogP contribution in [-0.4, -0.2) is 31.6 Å². The molecule has 3 aromatic rings. The Hall–Kier alpha value is -3.83. The molecule has 32 heavy (non-hydrogen) atoms. The summed E-state index contributed by atoms with van der Waals surface area (Å²) in [7, 11) is -2.34. The minimum Gasteiger partial charge on any atom is -0.496 e. The van der Waals surface area contributed by atoms with Crippen LogP contribution in [0.5, 0.6) is 5.75 Å². The van der Waals surface area contributed by atoms with E-state index in [1.54, 1.807) is 57.4 Å². The summed E-state index contributed by atoms with van der Waals surface area (Å²) in [6.07, 6.45) is 1.36. The summed E-state index contributed by atoms with van der Waals surface area (Å²) in [6, 6.07) is 11.4. The summed E-state index contributed by atoms with van der Waals surface area (Å²) in [5, 5.41) is 8.94. The number of nitrogens with zero attached hydrogens (tertiary/aromatic N) is 1. The summed E-state index contributed by atoms with van der Waals surface area (Å²) in [5.41, 5.74) is 3.17. The molecule has 1 aromatic heterocycles. The molecule has 0 aliphatic carbocycles. The number of pyridine rings is 1. The highest BCUT2D eigenvalue weighted by atomic mass is 32.2. The average Bonchev–Trinajstić information content (AvgIpc) is 2.75. The van der Waals surface area contributed by atoms with Crippen molar-refractivity contribution in [2.75, 3.05) is 11.8 Å². The Balaban J connectivity index is 1.97. The minimum absolute atomic E-state index is 0.0794. The molecular formula is C24H22N2O5S. The van der Waals surface area contributed by atoms with Gasteiger partial charge in [0.25, 0.3) is 10.0 Å². The second-order valence-electron chi connectivity index (χ2n) is 7.11. The molecule has 0 aliphatic heterocycles. The molecule has 164 valence electrons. The third kappa shape index (κ3) is 4.74. The van der Waals surface area contributed by atoms with Crippen molar-refractivity contribution in [2.45, 2.75) is 25.7 Å². The smallest absolute Gasteiger partial charge is 0.354 e. The van der Waals surface area contributed by atoms with E-state index >= 15 is 0 Å². The molecule has 1 heterocycles. The molecule has 8 heteroatoms. The number of carbonyl (C=O) groups is 1. The van der Waals surface area contributed by atoms with E-state index in [9.17, 15) is 13.2 Å². The van der Waals surface area contributed by atoms with E-state index in [4.69, 9.17) is 9.84 Å². The predicted molar refractivity (Wildman–Crippen MR) is 122 cm³/mol. The molecular weight excluding hydrogens is 428 g/mol. The van der Waals surface area contributed by atoms with Crippen molar-refractivity contribution in [2.24, 2.45) is 0 Å². The van der Waals surface area contributed by atoms with Gasteiger partial charge in [-0.05, 0) is 67.8 Å². The Morgan fingerprint density at radius 2 is 1.78 bits per heavy atom. The topological polar surface area (TPSA) is 106 Å². The van der Waals surface area contributed by atoms with Crippen LogP contribution in [0.1, 0.15) is 38.3 Å². The number of aromatic carboxylic acids is 1. The minimum atomic E-state index is -3.89. The van der Waals surface area contributed by atoms with Crippen LogP contribution in [0.3, 0.4) is 0 Å². The second-order valence-corrected chi connectivity index (χ2v) is 8.73. The van der Waals surface area contributed by atoms with Crippen LogP contribution < -0.4 is 9.46 Å². The number of sulfonamides is 1. The van der Waals surface area contributed by atoms with E-state index in [0.717, 1.165) is 5.56 Å². The average molecular weight is 451 g/mol. The lowest BCUT2D eigenvalue weighted by Gasteiger charge is -2.17. The number of methoxy groups -OCH3 is 1. The number of hydrogen-bond acceptors (Lipinski definition) is 5. The first-order chi connectivity index (χ1) is 15.1. The van der Waals surface area contributed by atoms with Crippen LogP contribution >= 0.6 is 0 Å². The Morgan fingerprint density at radius 3 is 2.41 bits per heavy atom. The highest BCUT2D eigenvalue weighted by Crippen LogP contribution is 2.32. The number of rotatable bonds is 5. The Bertz CT molecular complexity index is 1350. The lowest BCUT2D eigenvalue weighted by molar-refractivity contribution is 0.0690. The molecule has 2 aromatic carbocycles. The van der Waals surface area contributed by atoms with Crippen molar-refractivity contribution in [3.05, 3.63) is 82.2 Å². The largest absolute Gasteiger partial charge is 0.496 e. The lowest BCUT2D eigenvalue weighted by Crippen LogP contribution is -2.17. The van der Waals surface area contributed by atoms with Crippen LogP contribution in [0.2, 0.25) is 0 Å². The molecule has 0 radical (unpaired) electrons. The zero-order valence-corrected chi connectivity index (χ0v) is 18.9. The first kappa shape index (κ1) is 22.8. The van der Waals surface area contributed by atoms with Gasteiger partial charge in [-0.3, -0.25) is 4.72 Å². The zero-order valence-electron chi connectivity index (χ0n) is 18.1. The molecule has 0 saturated heterocycles. The summed E-state index contributed by atoms with van der Waals surface area (Å²) in [6.45, 7) is 5.29. The maximum Gasteiger partial charge on any atom is 0.354 e. The summed E-state index contributed by atoms with van der Waals surface area (Å²) in [4.78, 5) is 15.0. The van der Waals surface area contributed by atoms with Crippen molar-refractivity contribution < 1.29 is 23.1 Å². The van der Waals surface area contributed by atoms with Crippen LogP contribution in [0.15, 0.2) is 53.6 Å². The summed E-state index contributed by atoms with van der Waals surface area (Å²) in [5.74, 6) is 5.32. The number of hydrogen-bond donors (Lipinski definition) is 2. The van der Waals surface area contributed by atoms with E-state index in [1.807, 2.05) is 6.92 Å². The number of aromatic nitrogens is 1. The van der Waals surface area contributed by atoms with Crippen LogP contribution in [0.25, 0.3) is 0 Å². The fourth-order valence-corrected chi connectivity index (χ4v) is 4.87. The monoisotopic (exact) mass is 450 g/mol. The highest BCUT2D eigenvalue weighted by Gasteiger charge is 2.23. The molecule has 0 aliphatic rings. The SMILES string of the molecule is COc1cc(C)c(S(=O)(=O)Nc2ccccc2C#Cc2ccc(C(=O)O)nc2)c(C)c1C. The van der Waals surface area contributed by atoms with Gasteiger partial charge in [-0.15, -0.1) is 0 Å². The van der Waals surface area contributed by atoms with Gasteiger partial charge >= 0.3 is 5.97 Å². The van der Waals surface area contributed by atoms with Gasteiger partial charge in [0, 0.05) is 17.3 Å². The standard InChI is InChI=1S/C24H22N2O5S/c1-15-13-22(31-4)16(2)17(3)23(15)32(29,30)26-20-8-6-5-7-19(20)11-9-18-10-12-21(24(27)28)25-14-18/h5-8,10,12-14,26H,1-4H3,(H,27,28). The number of nitrogens with one attached hydrogen (secondary N) is 1. The third-order valence-electron chi connectivity index (χ3n) is 4.96. The maximum atomic E-state index is 13.3. The maximum absolute atomic E-state index is 13.3.